The number of carbonyl (C=O) groups excluding carboxylic acids is 1. The summed E-state index contributed by atoms with van der Waals surface area (Å²) in [5, 5.41) is 3.39. The summed E-state index contributed by atoms with van der Waals surface area (Å²) >= 11 is 0. The van der Waals surface area contributed by atoms with Crippen molar-refractivity contribution in [2.24, 2.45) is 0 Å². The molecule has 1 N–H and O–H groups in total. The summed E-state index contributed by atoms with van der Waals surface area (Å²) in [7, 11) is 0. The lowest BCUT2D eigenvalue weighted by atomic mass is 9.86. The molecule has 1 aliphatic rings. The van der Waals surface area contributed by atoms with E-state index in [1.165, 1.54) is 5.56 Å². The second-order valence-corrected chi connectivity index (χ2v) is 6.92. The van der Waals surface area contributed by atoms with Crippen molar-refractivity contribution in [2.75, 3.05) is 19.6 Å². The molecule has 0 spiro atoms. The fourth-order valence-electron chi connectivity index (χ4n) is 2.95. The minimum Gasteiger partial charge on any atom is -0.335 e. The van der Waals surface area contributed by atoms with E-state index in [4.69, 9.17) is 0 Å². The van der Waals surface area contributed by atoms with Crippen molar-refractivity contribution in [1.29, 1.82) is 0 Å². The average Bonchev–Trinajstić information content (AvgIpc) is 2.48. The van der Waals surface area contributed by atoms with Gasteiger partial charge in [0.2, 0.25) is 0 Å². The summed E-state index contributed by atoms with van der Waals surface area (Å²) in [5.41, 5.74) is 2.19. The highest BCUT2D eigenvalue weighted by Crippen LogP contribution is 2.23. The van der Waals surface area contributed by atoms with Gasteiger partial charge in [0.05, 0.1) is 0 Å². The van der Waals surface area contributed by atoms with Crippen molar-refractivity contribution in [3.63, 3.8) is 0 Å². The van der Waals surface area contributed by atoms with Gasteiger partial charge in [-0.25, -0.2) is 0 Å². The van der Waals surface area contributed by atoms with Gasteiger partial charge in [-0.3, -0.25) is 4.79 Å². The van der Waals surface area contributed by atoms with Gasteiger partial charge in [-0.05, 0) is 49.4 Å². The minimum absolute atomic E-state index is 0.124. The molecular formula is C18H28N2O. The van der Waals surface area contributed by atoms with Gasteiger partial charge in [0.25, 0.3) is 5.91 Å². The monoisotopic (exact) mass is 288 g/mol. The number of hydrogen-bond donors (Lipinski definition) is 1. The number of rotatable bonds is 3. The first-order valence-corrected chi connectivity index (χ1v) is 8.05. The van der Waals surface area contributed by atoms with Crippen molar-refractivity contribution in [3.05, 3.63) is 35.4 Å². The molecule has 0 aliphatic carbocycles. The number of amides is 1. The third-order valence-electron chi connectivity index (χ3n) is 4.31. The highest BCUT2D eigenvalue weighted by atomic mass is 16.2. The van der Waals surface area contributed by atoms with Crippen LogP contribution < -0.4 is 5.32 Å². The van der Waals surface area contributed by atoms with E-state index < -0.39 is 0 Å². The van der Waals surface area contributed by atoms with Gasteiger partial charge in [0.1, 0.15) is 0 Å². The molecule has 1 heterocycles. The lowest BCUT2D eigenvalue weighted by Crippen LogP contribution is -2.48. The van der Waals surface area contributed by atoms with Gasteiger partial charge >= 0.3 is 0 Å². The van der Waals surface area contributed by atoms with Gasteiger partial charge in [0.15, 0.2) is 0 Å². The molecule has 0 bridgehead atoms. The summed E-state index contributed by atoms with van der Waals surface area (Å²) in [6.07, 6.45) is 2.25. The Labute approximate surface area is 128 Å². The minimum atomic E-state index is 0.124. The molecule has 0 aromatic heterocycles. The molecule has 1 amide bonds. The van der Waals surface area contributed by atoms with Crippen LogP contribution in [0, 0.1) is 0 Å². The molecule has 1 aliphatic heterocycles. The van der Waals surface area contributed by atoms with Crippen LogP contribution in [0.2, 0.25) is 0 Å². The van der Waals surface area contributed by atoms with Crippen LogP contribution >= 0.6 is 0 Å². The van der Waals surface area contributed by atoms with Crippen LogP contribution in [0.4, 0.5) is 0 Å². The van der Waals surface area contributed by atoms with Crippen molar-refractivity contribution < 1.29 is 4.79 Å². The van der Waals surface area contributed by atoms with Crippen molar-refractivity contribution in [1.82, 2.24) is 10.2 Å². The fraction of sp³-hybridized carbons (Fsp3) is 0.611. The molecule has 1 saturated heterocycles. The fourth-order valence-corrected chi connectivity index (χ4v) is 2.95. The van der Waals surface area contributed by atoms with E-state index in [0.29, 0.717) is 6.04 Å². The number of hydrogen-bond acceptors (Lipinski definition) is 2. The Morgan fingerprint density at radius 3 is 2.43 bits per heavy atom. The zero-order valence-electron chi connectivity index (χ0n) is 13.8. The maximum Gasteiger partial charge on any atom is 0.254 e. The first-order chi connectivity index (χ1) is 9.93. The number of nitrogens with one attached hydrogen (secondary N) is 1. The largest absolute Gasteiger partial charge is 0.335 e. The highest BCUT2D eigenvalue weighted by molar-refractivity contribution is 5.94. The number of piperidine rings is 1. The van der Waals surface area contributed by atoms with Gasteiger partial charge in [0, 0.05) is 24.7 Å². The second-order valence-electron chi connectivity index (χ2n) is 6.92. The number of benzene rings is 1. The molecular weight excluding hydrogens is 260 g/mol. The molecule has 3 heteroatoms. The van der Waals surface area contributed by atoms with Crippen molar-refractivity contribution in [3.8, 4) is 0 Å². The van der Waals surface area contributed by atoms with Crippen LogP contribution in [0.1, 0.15) is 56.5 Å². The van der Waals surface area contributed by atoms with E-state index in [0.717, 1.165) is 38.0 Å². The lowest BCUT2D eigenvalue weighted by molar-refractivity contribution is 0.0662. The van der Waals surface area contributed by atoms with Gasteiger partial charge in [-0.1, -0.05) is 32.9 Å². The molecule has 1 atom stereocenters. The third kappa shape index (κ3) is 3.85. The lowest BCUT2D eigenvalue weighted by Gasteiger charge is -2.34. The normalized spacial score (nSPS) is 19.3. The number of carbonyl (C=O) groups is 1. The molecule has 0 radical (unpaired) electrons. The van der Waals surface area contributed by atoms with Crippen LogP contribution in [0.15, 0.2) is 24.3 Å². The summed E-state index contributed by atoms with van der Waals surface area (Å²) in [6.45, 7) is 11.4. The van der Waals surface area contributed by atoms with Crippen LogP contribution in [0.3, 0.4) is 0 Å². The molecule has 1 fully saturated rings. The van der Waals surface area contributed by atoms with E-state index in [9.17, 15) is 4.79 Å². The topological polar surface area (TPSA) is 32.3 Å². The average molecular weight is 288 g/mol. The Kier molecular flexibility index (Phi) is 5.04. The number of nitrogens with zero attached hydrogens (tertiary/aromatic N) is 1. The van der Waals surface area contributed by atoms with E-state index >= 15 is 0 Å². The quantitative estimate of drug-likeness (QED) is 0.926. The third-order valence-corrected chi connectivity index (χ3v) is 4.31. The Bertz CT molecular complexity index is 467. The summed E-state index contributed by atoms with van der Waals surface area (Å²) in [5.74, 6) is 0.159. The zero-order chi connectivity index (χ0) is 15.5. The maximum atomic E-state index is 12.7. The summed E-state index contributed by atoms with van der Waals surface area (Å²) in [4.78, 5) is 14.7. The summed E-state index contributed by atoms with van der Waals surface area (Å²) < 4.78 is 0. The smallest absolute Gasteiger partial charge is 0.254 e. The number of likely N-dealkylation sites (N-methyl/N-ethyl adjacent to an activating group) is 1. The van der Waals surface area contributed by atoms with Gasteiger partial charge in [-0.2, -0.15) is 0 Å². The van der Waals surface area contributed by atoms with Crippen molar-refractivity contribution in [2.45, 2.75) is 52.0 Å². The van der Waals surface area contributed by atoms with Crippen molar-refractivity contribution >= 4 is 5.91 Å². The molecule has 1 aromatic rings. The van der Waals surface area contributed by atoms with E-state index in [2.05, 4.69) is 45.1 Å². The maximum absolute atomic E-state index is 12.7. The molecule has 1 unspecified atom stereocenters. The molecule has 3 nitrogen and oxygen atoms in total. The van der Waals surface area contributed by atoms with Crippen LogP contribution in [0.5, 0.6) is 0 Å². The first-order valence-electron chi connectivity index (χ1n) is 8.05. The Morgan fingerprint density at radius 2 is 1.95 bits per heavy atom. The first kappa shape index (κ1) is 16.0. The zero-order valence-corrected chi connectivity index (χ0v) is 13.8. The van der Waals surface area contributed by atoms with Crippen LogP contribution in [-0.4, -0.2) is 36.5 Å². The Hall–Kier alpha value is -1.35. The highest BCUT2D eigenvalue weighted by Gasteiger charge is 2.25. The van der Waals surface area contributed by atoms with Crippen LogP contribution in [0.25, 0.3) is 0 Å². The summed E-state index contributed by atoms with van der Waals surface area (Å²) in [6, 6.07) is 8.45. The molecule has 1 aromatic carbocycles. The predicted octanol–water partition coefficient (Wildman–Crippen LogP) is 3.20. The van der Waals surface area contributed by atoms with E-state index in [-0.39, 0.29) is 11.3 Å². The SMILES string of the molecule is CCN(C(=O)c1ccc(C(C)(C)C)cc1)C1CCCNC1. The predicted molar refractivity (Wildman–Crippen MR) is 87.7 cm³/mol. The van der Waals surface area contributed by atoms with E-state index in [1.807, 2.05) is 17.0 Å². The Morgan fingerprint density at radius 1 is 1.29 bits per heavy atom. The molecule has 0 saturated carbocycles. The standard InChI is InChI=1S/C18H28N2O/c1-5-20(16-7-6-12-19-13-16)17(21)14-8-10-15(11-9-14)18(2,3)4/h8-11,16,19H,5-7,12-13H2,1-4H3. The molecule has 21 heavy (non-hydrogen) atoms. The van der Waals surface area contributed by atoms with Crippen LogP contribution in [-0.2, 0) is 5.41 Å². The molecule has 116 valence electrons. The van der Waals surface area contributed by atoms with Gasteiger partial charge < -0.3 is 10.2 Å². The molecule has 2 rings (SSSR count). The van der Waals surface area contributed by atoms with E-state index in [1.54, 1.807) is 0 Å². The Balaban J connectivity index is 2.13. The second kappa shape index (κ2) is 6.61. The van der Waals surface area contributed by atoms with Gasteiger partial charge in [-0.15, -0.1) is 0 Å².